The summed E-state index contributed by atoms with van der Waals surface area (Å²) in [5.74, 6) is -0.350. The number of nitrogens with two attached hydrogens (primary N) is 1. The van der Waals surface area contributed by atoms with Crippen molar-refractivity contribution in [1.29, 1.82) is 0 Å². The Bertz CT molecular complexity index is 590. The van der Waals surface area contributed by atoms with Crippen molar-refractivity contribution < 1.29 is 4.39 Å². The smallest absolute Gasteiger partial charge is 0.271 e. The van der Waals surface area contributed by atoms with Gasteiger partial charge in [-0.3, -0.25) is 4.79 Å². The molecule has 0 saturated heterocycles. The van der Waals surface area contributed by atoms with Crippen LogP contribution in [0.2, 0.25) is 0 Å². The molecule has 88 valence electrons. The summed E-state index contributed by atoms with van der Waals surface area (Å²) in [4.78, 5) is 11.8. The normalized spacial score (nSPS) is 10.5. The van der Waals surface area contributed by atoms with Gasteiger partial charge in [0.15, 0.2) is 0 Å². The summed E-state index contributed by atoms with van der Waals surface area (Å²) in [7, 11) is 0. The fraction of sp³-hybridized carbons (Fsp3) is 0.167. The minimum absolute atomic E-state index is 0.275. The second-order valence-electron chi connectivity index (χ2n) is 3.69. The second kappa shape index (κ2) is 4.47. The van der Waals surface area contributed by atoms with E-state index < -0.39 is 0 Å². The molecule has 1 heterocycles. The Labute approximate surface area is 97.5 Å². The number of aryl methyl sites for hydroxylation is 1. The van der Waals surface area contributed by atoms with E-state index in [0.29, 0.717) is 16.9 Å². The van der Waals surface area contributed by atoms with Gasteiger partial charge in [0, 0.05) is 12.6 Å². The van der Waals surface area contributed by atoms with E-state index in [1.165, 1.54) is 35.0 Å². The highest BCUT2D eigenvalue weighted by Crippen LogP contribution is 2.07. The number of halogens is 1. The zero-order chi connectivity index (χ0) is 12.4. The lowest BCUT2D eigenvalue weighted by Crippen LogP contribution is -2.23. The maximum Gasteiger partial charge on any atom is 0.271 e. The Morgan fingerprint density at radius 1 is 1.35 bits per heavy atom. The van der Waals surface area contributed by atoms with E-state index in [1.54, 1.807) is 6.92 Å². The molecule has 4 nitrogen and oxygen atoms in total. The van der Waals surface area contributed by atoms with Gasteiger partial charge >= 0.3 is 0 Å². The van der Waals surface area contributed by atoms with Crippen molar-refractivity contribution in [3.8, 4) is 5.69 Å². The van der Waals surface area contributed by atoms with Crippen molar-refractivity contribution >= 4 is 0 Å². The molecule has 0 amide bonds. The zero-order valence-corrected chi connectivity index (χ0v) is 9.35. The average Bonchev–Trinajstić information content (AvgIpc) is 2.33. The fourth-order valence-corrected chi connectivity index (χ4v) is 1.55. The maximum absolute atomic E-state index is 12.8. The molecule has 2 aromatic rings. The molecule has 0 unspecified atom stereocenters. The van der Waals surface area contributed by atoms with Crippen molar-refractivity contribution in [2.75, 3.05) is 0 Å². The molecule has 0 atom stereocenters. The van der Waals surface area contributed by atoms with Crippen LogP contribution in [0.25, 0.3) is 5.69 Å². The highest BCUT2D eigenvalue weighted by atomic mass is 19.1. The Morgan fingerprint density at radius 2 is 2.00 bits per heavy atom. The molecule has 17 heavy (non-hydrogen) atoms. The molecule has 0 fully saturated rings. The zero-order valence-electron chi connectivity index (χ0n) is 9.35. The van der Waals surface area contributed by atoms with Crippen LogP contribution < -0.4 is 11.3 Å². The van der Waals surface area contributed by atoms with Crippen molar-refractivity contribution in [3.05, 3.63) is 57.8 Å². The van der Waals surface area contributed by atoms with Gasteiger partial charge in [-0.1, -0.05) is 0 Å². The van der Waals surface area contributed by atoms with E-state index in [0.717, 1.165) is 0 Å². The van der Waals surface area contributed by atoms with Crippen molar-refractivity contribution in [2.24, 2.45) is 5.73 Å². The van der Waals surface area contributed by atoms with E-state index in [4.69, 9.17) is 5.73 Å². The van der Waals surface area contributed by atoms with Crippen LogP contribution in [0.15, 0.2) is 35.1 Å². The predicted molar refractivity (Wildman–Crippen MR) is 62.4 cm³/mol. The molecule has 2 rings (SSSR count). The molecule has 0 aliphatic rings. The van der Waals surface area contributed by atoms with Gasteiger partial charge in [0.1, 0.15) is 5.82 Å². The molecule has 0 aliphatic carbocycles. The van der Waals surface area contributed by atoms with Crippen molar-refractivity contribution in [1.82, 2.24) is 9.78 Å². The van der Waals surface area contributed by atoms with Gasteiger partial charge in [-0.2, -0.15) is 9.78 Å². The van der Waals surface area contributed by atoms with Gasteiger partial charge in [0.05, 0.1) is 11.4 Å². The monoisotopic (exact) mass is 233 g/mol. The highest BCUT2D eigenvalue weighted by Gasteiger charge is 2.05. The summed E-state index contributed by atoms with van der Waals surface area (Å²) in [6, 6.07) is 7.04. The Kier molecular flexibility index (Phi) is 3.01. The molecule has 1 aromatic carbocycles. The Morgan fingerprint density at radius 3 is 2.59 bits per heavy atom. The lowest BCUT2D eigenvalue weighted by molar-refractivity contribution is 0.626. The summed E-state index contributed by atoms with van der Waals surface area (Å²) in [6.45, 7) is 2.06. The van der Waals surface area contributed by atoms with Crippen LogP contribution in [0.5, 0.6) is 0 Å². The largest absolute Gasteiger partial charge is 0.326 e. The molecule has 0 aliphatic heterocycles. The Hall–Kier alpha value is -2.01. The van der Waals surface area contributed by atoms with E-state index in [2.05, 4.69) is 5.10 Å². The standard InChI is InChI=1S/C12H12FN3O/c1-8-9(7-14)6-12(17)16(15-8)11-4-2-10(13)3-5-11/h2-6H,7,14H2,1H3. The number of hydrogen-bond donors (Lipinski definition) is 1. The molecule has 0 bridgehead atoms. The van der Waals surface area contributed by atoms with E-state index in [-0.39, 0.29) is 17.9 Å². The van der Waals surface area contributed by atoms with Crippen LogP contribution >= 0.6 is 0 Å². The molecular formula is C12H12FN3O. The average molecular weight is 233 g/mol. The molecule has 5 heteroatoms. The predicted octanol–water partition coefficient (Wildman–Crippen LogP) is 1.14. The number of aromatic nitrogens is 2. The van der Waals surface area contributed by atoms with Crippen LogP contribution in [0.3, 0.4) is 0 Å². The third kappa shape index (κ3) is 2.24. The van der Waals surface area contributed by atoms with Gasteiger partial charge in [-0.15, -0.1) is 0 Å². The number of benzene rings is 1. The second-order valence-corrected chi connectivity index (χ2v) is 3.69. The Balaban J connectivity index is 2.56. The lowest BCUT2D eigenvalue weighted by Gasteiger charge is -2.07. The summed E-state index contributed by atoms with van der Waals surface area (Å²) in [5, 5.41) is 4.15. The first-order valence-corrected chi connectivity index (χ1v) is 5.17. The molecule has 0 radical (unpaired) electrons. The highest BCUT2D eigenvalue weighted by molar-refractivity contribution is 5.31. The third-order valence-corrected chi connectivity index (χ3v) is 2.51. The van der Waals surface area contributed by atoms with E-state index >= 15 is 0 Å². The summed E-state index contributed by atoms with van der Waals surface area (Å²) < 4.78 is 14.0. The molecule has 0 saturated carbocycles. The van der Waals surface area contributed by atoms with Gasteiger partial charge in [0.2, 0.25) is 0 Å². The van der Waals surface area contributed by atoms with Crippen LogP contribution in [0.1, 0.15) is 11.3 Å². The number of hydrogen-bond acceptors (Lipinski definition) is 3. The summed E-state index contributed by atoms with van der Waals surface area (Å²) in [5.41, 5.74) is 7.15. The van der Waals surface area contributed by atoms with Gasteiger partial charge in [0.25, 0.3) is 5.56 Å². The summed E-state index contributed by atoms with van der Waals surface area (Å²) >= 11 is 0. The quantitative estimate of drug-likeness (QED) is 0.846. The molecular weight excluding hydrogens is 221 g/mol. The van der Waals surface area contributed by atoms with Gasteiger partial charge in [-0.05, 0) is 36.8 Å². The minimum atomic E-state index is -0.350. The minimum Gasteiger partial charge on any atom is -0.326 e. The van der Waals surface area contributed by atoms with Crippen molar-refractivity contribution in [2.45, 2.75) is 13.5 Å². The third-order valence-electron chi connectivity index (χ3n) is 2.51. The van der Waals surface area contributed by atoms with Crippen LogP contribution in [0.4, 0.5) is 4.39 Å². The SMILES string of the molecule is Cc1nn(-c2ccc(F)cc2)c(=O)cc1CN. The number of rotatable bonds is 2. The molecule has 0 spiro atoms. The van der Waals surface area contributed by atoms with E-state index in [1.807, 2.05) is 0 Å². The lowest BCUT2D eigenvalue weighted by atomic mass is 10.2. The first-order valence-electron chi connectivity index (χ1n) is 5.17. The van der Waals surface area contributed by atoms with Gasteiger partial charge in [-0.25, -0.2) is 4.39 Å². The van der Waals surface area contributed by atoms with E-state index in [9.17, 15) is 9.18 Å². The summed E-state index contributed by atoms with van der Waals surface area (Å²) in [6.07, 6.45) is 0. The maximum atomic E-state index is 12.8. The molecule has 1 aromatic heterocycles. The van der Waals surface area contributed by atoms with Crippen LogP contribution in [0, 0.1) is 12.7 Å². The number of nitrogens with zero attached hydrogens (tertiary/aromatic N) is 2. The first-order chi connectivity index (χ1) is 8.11. The topological polar surface area (TPSA) is 60.9 Å². The fourth-order valence-electron chi connectivity index (χ4n) is 1.55. The van der Waals surface area contributed by atoms with Gasteiger partial charge < -0.3 is 5.73 Å². The molecule has 2 N–H and O–H groups in total. The first kappa shape index (κ1) is 11.5. The van der Waals surface area contributed by atoms with Crippen LogP contribution in [-0.2, 0) is 6.54 Å². The van der Waals surface area contributed by atoms with Crippen LogP contribution in [-0.4, -0.2) is 9.78 Å². The van der Waals surface area contributed by atoms with Crippen molar-refractivity contribution in [3.63, 3.8) is 0 Å².